The minimum atomic E-state index is 0.616. The Kier molecular flexibility index (Phi) is 7.65. The number of thioether (sulfide) groups is 1. The largest absolute Gasteiger partial charge is 0.362 e. The second-order valence-electron chi connectivity index (χ2n) is 5.13. The van der Waals surface area contributed by atoms with E-state index in [-0.39, 0.29) is 0 Å². The molecule has 2 aromatic rings. The Morgan fingerprint density at radius 2 is 2.04 bits per heavy atom. The summed E-state index contributed by atoms with van der Waals surface area (Å²) in [5, 5.41) is 7.70. The zero-order chi connectivity index (χ0) is 16.5. The van der Waals surface area contributed by atoms with Crippen molar-refractivity contribution >= 4 is 46.5 Å². The highest BCUT2D eigenvalue weighted by molar-refractivity contribution is 7.98. The van der Waals surface area contributed by atoms with Crippen LogP contribution in [0.1, 0.15) is 17.5 Å². The highest BCUT2D eigenvalue weighted by Gasteiger charge is 1.99. The molecule has 0 aliphatic heterocycles. The van der Waals surface area contributed by atoms with Crippen LogP contribution in [0.4, 0.5) is 5.82 Å². The quantitative estimate of drug-likeness (QED) is 0.551. The highest BCUT2D eigenvalue weighted by atomic mass is 35.5. The first-order chi connectivity index (χ1) is 11.1. The van der Waals surface area contributed by atoms with Crippen molar-refractivity contribution in [1.29, 1.82) is 0 Å². The minimum absolute atomic E-state index is 0.616. The molecule has 1 heterocycles. The van der Waals surface area contributed by atoms with Gasteiger partial charge in [0.25, 0.3) is 0 Å². The standard InChI is InChI=1S/C17H20ClN3S2/c1-13-7-9-19-16(11-13)21-17(22)20-8-2-10-23-12-14-3-5-15(18)6-4-14/h3-7,9,11H,2,8,10,12H2,1H3,(H2,19,20,21,22). The summed E-state index contributed by atoms with van der Waals surface area (Å²) in [6, 6.07) is 11.9. The molecular weight excluding hydrogens is 346 g/mol. The van der Waals surface area contributed by atoms with Gasteiger partial charge in [-0.3, -0.25) is 0 Å². The number of nitrogens with zero attached hydrogens (tertiary/aromatic N) is 1. The van der Waals surface area contributed by atoms with Crippen LogP contribution < -0.4 is 10.6 Å². The lowest BCUT2D eigenvalue weighted by atomic mass is 10.2. The van der Waals surface area contributed by atoms with Crippen LogP contribution in [0, 0.1) is 6.92 Å². The number of rotatable bonds is 7. The Morgan fingerprint density at radius 3 is 2.78 bits per heavy atom. The third-order valence-corrected chi connectivity index (χ3v) is 4.70. The fourth-order valence-electron chi connectivity index (χ4n) is 1.91. The second-order valence-corrected chi connectivity index (χ2v) is 7.08. The highest BCUT2D eigenvalue weighted by Crippen LogP contribution is 2.15. The van der Waals surface area contributed by atoms with Gasteiger partial charge in [-0.05, 0) is 66.7 Å². The van der Waals surface area contributed by atoms with Crippen molar-refractivity contribution < 1.29 is 0 Å². The summed E-state index contributed by atoms with van der Waals surface area (Å²) >= 11 is 13.0. The Morgan fingerprint density at radius 1 is 1.26 bits per heavy atom. The van der Waals surface area contributed by atoms with Crippen molar-refractivity contribution in [2.24, 2.45) is 0 Å². The van der Waals surface area contributed by atoms with Gasteiger partial charge in [0.1, 0.15) is 5.82 Å². The van der Waals surface area contributed by atoms with Crippen molar-refractivity contribution in [1.82, 2.24) is 10.3 Å². The number of anilines is 1. The number of thiocarbonyl (C=S) groups is 1. The molecule has 23 heavy (non-hydrogen) atoms. The normalized spacial score (nSPS) is 10.3. The van der Waals surface area contributed by atoms with Gasteiger partial charge in [-0.2, -0.15) is 11.8 Å². The van der Waals surface area contributed by atoms with Crippen LogP contribution in [0.5, 0.6) is 0 Å². The SMILES string of the molecule is Cc1ccnc(NC(=S)NCCCSCc2ccc(Cl)cc2)c1. The molecule has 0 aliphatic rings. The number of hydrogen-bond donors (Lipinski definition) is 2. The van der Waals surface area contributed by atoms with E-state index in [0.717, 1.165) is 40.9 Å². The smallest absolute Gasteiger partial charge is 0.171 e. The summed E-state index contributed by atoms with van der Waals surface area (Å²) in [7, 11) is 0. The lowest BCUT2D eigenvalue weighted by Crippen LogP contribution is -2.29. The first-order valence-corrected chi connectivity index (χ1v) is 9.37. The molecule has 2 rings (SSSR count). The molecule has 0 fully saturated rings. The van der Waals surface area contributed by atoms with E-state index in [0.29, 0.717) is 5.11 Å². The van der Waals surface area contributed by atoms with Crippen molar-refractivity contribution in [2.45, 2.75) is 19.1 Å². The van der Waals surface area contributed by atoms with E-state index in [2.05, 4.69) is 27.8 Å². The summed E-state index contributed by atoms with van der Waals surface area (Å²) in [5.41, 5.74) is 2.46. The monoisotopic (exact) mass is 365 g/mol. The fraction of sp³-hybridized carbons (Fsp3) is 0.294. The number of nitrogens with one attached hydrogen (secondary N) is 2. The van der Waals surface area contributed by atoms with Gasteiger partial charge in [0.2, 0.25) is 0 Å². The minimum Gasteiger partial charge on any atom is -0.362 e. The van der Waals surface area contributed by atoms with Gasteiger partial charge < -0.3 is 10.6 Å². The summed E-state index contributed by atoms with van der Waals surface area (Å²) < 4.78 is 0. The molecule has 0 saturated heterocycles. The van der Waals surface area contributed by atoms with Gasteiger partial charge in [-0.1, -0.05) is 23.7 Å². The molecule has 1 aromatic heterocycles. The Hall–Kier alpha value is -1.30. The van der Waals surface area contributed by atoms with Crippen LogP contribution in [-0.4, -0.2) is 22.4 Å². The van der Waals surface area contributed by atoms with Gasteiger partial charge in [0.15, 0.2) is 5.11 Å². The predicted octanol–water partition coefficient (Wildman–Crippen LogP) is 4.65. The molecule has 0 atom stereocenters. The summed E-state index contributed by atoms with van der Waals surface area (Å²) in [6.45, 7) is 2.88. The molecule has 6 heteroatoms. The van der Waals surface area contributed by atoms with Crippen LogP contribution in [0.15, 0.2) is 42.6 Å². The average molecular weight is 366 g/mol. The van der Waals surface area contributed by atoms with Crippen molar-refractivity contribution in [2.75, 3.05) is 17.6 Å². The van der Waals surface area contributed by atoms with Crippen LogP contribution in [-0.2, 0) is 5.75 Å². The van der Waals surface area contributed by atoms with Crippen LogP contribution in [0.2, 0.25) is 5.02 Å². The van der Waals surface area contributed by atoms with Crippen molar-refractivity contribution in [3.63, 3.8) is 0 Å². The first-order valence-electron chi connectivity index (χ1n) is 7.43. The maximum atomic E-state index is 5.87. The molecule has 0 amide bonds. The molecule has 0 saturated carbocycles. The van der Waals surface area contributed by atoms with Gasteiger partial charge in [0.05, 0.1) is 0 Å². The Labute approximate surface area is 152 Å². The third-order valence-electron chi connectivity index (χ3n) is 3.09. The molecular formula is C17H20ClN3S2. The number of aromatic nitrogens is 1. The lowest BCUT2D eigenvalue weighted by Gasteiger charge is -2.10. The molecule has 0 radical (unpaired) electrons. The van der Waals surface area contributed by atoms with E-state index < -0.39 is 0 Å². The number of hydrogen-bond acceptors (Lipinski definition) is 3. The Balaban J connectivity index is 1.56. The number of pyridine rings is 1. The number of benzene rings is 1. The third kappa shape index (κ3) is 7.20. The fourth-order valence-corrected chi connectivity index (χ4v) is 3.17. The van der Waals surface area contributed by atoms with E-state index >= 15 is 0 Å². The molecule has 1 aromatic carbocycles. The van der Waals surface area contributed by atoms with E-state index in [1.165, 1.54) is 5.56 Å². The Bertz CT molecular complexity index is 632. The van der Waals surface area contributed by atoms with Crippen LogP contribution in [0.25, 0.3) is 0 Å². The second kappa shape index (κ2) is 9.75. The molecule has 0 aliphatic carbocycles. The van der Waals surface area contributed by atoms with Gasteiger partial charge in [0, 0.05) is 23.5 Å². The lowest BCUT2D eigenvalue weighted by molar-refractivity contribution is 0.854. The summed E-state index contributed by atoms with van der Waals surface area (Å²) in [6.07, 6.45) is 2.83. The summed E-state index contributed by atoms with van der Waals surface area (Å²) in [5.74, 6) is 2.87. The van der Waals surface area contributed by atoms with Gasteiger partial charge in [-0.25, -0.2) is 4.98 Å². The maximum absolute atomic E-state index is 5.87. The van der Waals surface area contributed by atoms with Crippen LogP contribution in [0.3, 0.4) is 0 Å². The number of aryl methyl sites for hydroxylation is 1. The maximum Gasteiger partial charge on any atom is 0.171 e. The first kappa shape index (κ1) is 18.0. The van der Waals surface area contributed by atoms with Crippen molar-refractivity contribution in [3.8, 4) is 0 Å². The van der Waals surface area contributed by atoms with Gasteiger partial charge in [-0.15, -0.1) is 0 Å². The van der Waals surface area contributed by atoms with Crippen LogP contribution >= 0.6 is 35.6 Å². The van der Waals surface area contributed by atoms with Crippen molar-refractivity contribution in [3.05, 3.63) is 58.7 Å². The topological polar surface area (TPSA) is 37.0 Å². The number of halogens is 1. The molecule has 122 valence electrons. The van der Waals surface area contributed by atoms with Gasteiger partial charge >= 0.3 is 0 Å². The van der Waals surface area contributed by atoms with E-state index in [1.54, 1.807) is 6.20 Å². The molecule has 2 N–H and O–H groups in total. The van der Waals surface area contributed by atoms with E-state index in [1.807, 2.05) is 43.0 Å². The van der Waals surface area contributed by atoms with E-state index in [4.69, 9.17) is 23.8 Å². The molecule has 0 unspecified atom stereocenters. The zero-order valence-electron chi connectivity index (χ0n) is 13.0. The average Bonchev–Trinajstić information content (AvgIpc) is 2.52. The predicted molar refractivity (Wildman–Crippen MR) is 105 cm³/mol. The molecule has 0 spiro atoms. The molecule has 0 bridgehead atoms. The van der Waals surface area contributed by atoms with E-state index in [9.17, 15) is 0 Å². The molecule has 3 nitrogen and oxygen atoms in total. The summed E-state index contributed by atoms with van der Waals surface area (Å²) in [4.78, 5) is 4.22. The zero-order valence-corrected chi connectivity index (χ0v) is 15.4.